The van der Waals surface area contributed by atoms with Crippen molar-refractivity contribution in [2.75, 3.05) is 0 Å². The van der Waals surface area contributed by atoms with Gasteiger partial charge in [-0.05, 0) is 46.4 Å². The molecule has 7 heteroatoms. The van der Waals surface area contributed by atoms with Crippen molar-refractivity contribution in [2.24, 2.45) is 5.73 Å². The third kappa shape index (κ3) is 5.94. The minimum absolute atomic E-state index is 0.153. The second-order valence-electron chi connectivity index (χ2n) is 9.65. The smallest absolute Gasteiger partial charge is 0.348 e. The monoisotopic (exact) mass is 520 g/mol. The summed E-state index contributed by atoms with van der Waals surface area (Å²) in [6.45, 7) is 5.43. The molecular weight excluding hydrogens is 488 g/mol. The van der Waals surface area contributed by atoms with Crippen LogP contribution in [0.1, 0.15) is 42.0 Å². The van der Waals surface area contributed by atoms with Crippen LogP contribution in [0, 0.1) is 0 Å². The first-order valence-electron chi connectivity index (χ1n) is 13.0. The van der Waals surface area contributed by atoms with Gasteiger partial charge in [0.25, 0.3) is 0 Å². The summed E-state index contributed by atoms with van der Waals surface area (Å²) in [5.74, 6) is 1.92. The van der Waals surface area contributed by atoms with Gasteiger partial charge in [-0.3, -0.25) is 0 Å². The van der Waals surface area contributed by atoms with E-state index >= 15 is 0 Å². The summed E-state index contributed by atoms with van der Waals surface area (Å²) in [5, 5.41) is 7.04. The van der Waals surface area contributed by atoms with Crippen molar-refractivity contribution < 1.29 is 9.47 Å². The number of benzene rings is 4. The van der Waals surface area contributed by atoms with E-state index in [-0.39, 0.29) is 11.6 Å². The van der Waals surface area contributed by atoms with Crippen LogP contribution in [-0.2, 0) is 19.8 Å². The van der Waals surface area contributed by atoms with E-state index in [0.29, 0.717) is 42.6 Å². The van der Waals surface area contributed by atoms with Crippen molar-refractivity contribution in [3.63, 3.8) is 0 Å². The maximum atomic E-state index is 13.0. The molecule has 0 aliphatic heterocycles. The summed E-state index contributed by atoms with van der Waals surface area (Å²) < 4.78 is 14.3. The summed E-state index contributed by atoms with van der Waals surface area (Å²) in [7, 11) is 0. The van der Waals surface area contributed by atoms with E-state index in [0.717, 1.165) is 28.0 Å². The van der Waals surface area contributed by atoms with Gasteiger partial charge in [-0.25, -0.2) is 14.5 Å². The average molecular weight is 521 g/mol. The highest BCUT2D eigenvalue weighted by molar-refractivity contribution is 5.70. The van der Waals surface area contributed by atoms with Crippen LogP contribution in [0.5, 0.6) is 11.5 Å². The lowest BCUT2D eigenvalue weighted by Crippen LogP contribution is -2.16. The van der Waals surface area contributed by atoms with Gasteiger partial charge in [-0.1, -0.05) is 86.6 Å². The molecule has 0 atom stereocenters. The maximum Gasteiger partial charge on any atom is 0.348 e. The first-order chi connectivity index (χ1) is 19.0. The fourth-order valence-corrected chi connectivity index (χ4v) is 4.42. The zero-order chi connectivity index (χ0) is 27.2. The lowest BCUT2D eigenvalue weighted by atomic mass is 9.98. The Hall–Kier alpha value is -4.62. The number of nitrogens with two attached hydrogens (primary N) is 1. The molecule has 0 unspecified atom stereocenters. The Kier molecular flexibility index (Phi) is 7.89. The van der Waals surface area contributed by atoms with Crippen LogP contribution in [0.4, 0.5) is 0 Å². The summed E-state index contributed by atoms with van der Waals surface area (Å²) in [6, 6.07) is 31.5. The normalized spacial score (nSPS) is 11.1. The molecule has 4 aromatic carbocycles. The SMILES string of the molecule is CC(C)c1cc(-c2n[nH]c(=O)n2-c2ccc(CN)cc2)c(OCc2ccccc2)cc1OCc1ccccc1. The van der Waals surface area contributed by atoms with E-state index in [4.69, 9.17) is 15.2 Å². The van der Waals surface area contributed by atoms with Crippen molar-refractivity contribution in [3.05, 3.63) is 130 Å². The second kappa shape index (κ2) is 11.8. The number of nitrogens with one attached hydrogen (secondary N) is 1. The van der Waals surface area contributed by atoms with Crippen LogP contribution in [0.3, 0.4) is 0 Å². The van der Waals surface area contributed by atoms with E-state index in [1.165, 1.54) is 0 Å². The summed E-state index contributed by atoms with van der Waals surface area (Å²) in [4.78, 5) is 13.0. The number of aromatic nitrogens is 3. The van der Waals surface area contributed by atoms with Gasteiger partial charge in [-0.15, -0.1) is 0 Å². The number of H-pyrrole nitrogens is 1. The van der Waals surface area contributed by atoms with Gasteiger partial charge in [0.15, 0.2) is 5.82 Å². The van der Waals surface area contributed by atoms with Crippen LogP contribution in [-0.4, -0.2) is 14.8 Å². The number of ether oxygens (including phenoxy) is 2. The molecule has 0 spiro atoms. The topological polar surface area (TPSA) is 95.2 Å². The van der Waals surface area contributed by atoms with Crippen LogP contribution in [0.15, 0.2) is 102 Å². The van der Waals surface area contributed by atoms with Crippen molar-refractivity contribution in [1.82, 2.24) is 14.8 Å². The minimum Gasteiger partial charge on any atom is -0.488 e. The third-order valence-corrected chi connectivity index (χ3v) is 6.55. The molecule has 0 radical (unpaired) electrons. The molecule has 1 heterocycles. The van der Waals surface area contributed by atoms with Crippen LogP contribution < -0.4 is 20.9 Å². The molecule has 0 fully saturated rings. The molecular formula is C32H32N4O3. The number of rotatable bonds is 10. The van der Waals surface area contributed by atoms with Gasteiger partial charge in [0, 0.05) is 12.6 Å². The van der Waals surface area contributed by atoms with Gasteiger partial charge in [0.05, 0.1) is 11.3 Å². The first-order valence-corrected chi connectivity index (χ1v) is 13.0. The molecule has 198 valence electrons. The molecule has 39 heavy (non-hydrogen) atoms. The highest BCUT2D eigenvalue weighted by Crippen LogP contribution is 2.39. The Morgan fingerprint density at radius 3 is 1.95 bits per heavy atom. The lowest BCUT2D eigenvalue weighted by molar-refractivity contribution is 0.288. The number of hydrogen-bond donors (Lipinski definition) is 2. The lowest BCUT2D eigenvalue weighted by Gasteiger charge is -2.20. The van der Waals surface area contributed by atoms with E-state index in [1.54, 1.807) is 4.57 Å². The van der Waals surface area contributed by atoms with Gasteiger partial charge in [0.1, 0.15) is 24.7 Å². The Balaban J connectivity index is 1.60. The fourth-order valence-electron chi connectivity index (χ4n) is 4.42. The van der Waals surface area contributed by atoms with E-state index < -0.39 is 0 Å². The molecule has 0 saturated heterocycles. The Morgan fingerprint density at radius 1 is 0.795 bits per heavy atom. The summed E-state index contributed by atoms with van der Waals surface area (Å²) >= 11 is 0. The largest absolute Gasteiger partial charge is 0.488 e. The molecule has 5 aromatic rings. The average Bonchev–Trinajstić information content (AvgIpc) is 3.36. The predicted molar refractivity (Wildman–Crippen MR) is 153 cm³/mol. The standard InChI is InChI=1S/C32H32N4O3/c1-22(2)27-17-28(31-34-35-32(37)36(31)26-15-13-23(19-33)14-16-26)30(39-21-25-11-7-4-8-12-25)18-29(27)38-20-24-9-5-3-6-10-24/h3-18,22H,19-21,33H2,1-2H3,(H,35,37). The van der Waals surface area contributed by atoms with Gasteiger partial charge >= 0.3 is 5.69 Å². The second-order valence-corrected chi connectivity index (χ2v) is 9.65. The highest BCUT2D eigenvalue weighted by atomic mass is 16.5. The molecule has 0 aliphatic carbocycles. The molecule has 0 saturated carbocycles. The van der Waals surface area contributed by atoms with Crippen LogP contribution in [0.2, 0.25) is 0 Å². The van der Waals surface area contributed by atoms with Crippen LogP contribution >= 0.6 is 0 Å². The van der Waals surface area contributed by atoms with Crippen LogP contribution in [0.25, 0.3) is 17.1 Å². The molecule has 0 bridgehead atoms. The van der Waals surface area contributed by atoms with Gasteiger partial charge in [-0.2, -0.15) is 5.10 Å². The Morgan fingerprint density at radius 2 is 1.38 bits per heavy atom. The van der Waals surface area contributed by atoms with Crippen molar-refractivity contribution in [1.29, 1.82) is 0 Å². The van der Waals surface area contributed by atoms with Crippen molar-refractivity contribution >= 4 is 0 Å². The molecule has 1 aromatic heterocycles. The van der Waals surface area contributed by atoms with E-state index in [1.807, 2.05) is 97.1 Å². The number of aromatic amines is 1. The molecule has 7 nitrogen and oxygen atoms in total. The van der Waals surface area contributed by atoms with Gasteiger partial charge < -0.3 is 15.2 Å². The van der Waals surface area contributed by atoms with Crippen molar-refractivity contribution in [2.45, 2.75) is 39.5 Å². The number of nitrogens with zero attached hydrogens (tertiary/aromatic N) is 2. The quantitative estimate of drug-likeness (QED) is 0.237. The van der Waals surface area contributed by atoms with E-state index in [9.17, 15) is 4.79 Å². The Labute approximate surface area is 227 Å². The minimum atomic E-state index is -0.338. The molecule has 0 amide bonds. The van der Waals surface area contributed by atoms with E-state index in [2.05, 4.69) is 24.0 Å². The Bertz CT molecular complexity index is 1570. The maximum absolute atomic E-state index is 13.0. The molecule has 0 aliphatic rings. The van der Waals surface area contributed by atoms with Gasteiger partial charge in [0.2, 0.25) is 0 Å². The fraction of sp³-hybridized carbons (Fsp3) is 0.188. The zero-order valence-corrected chi connectivity index (χ0v) is 22.1. The molecule has 5 rings (SSSR count). The third-order valence-electron chi connectivity index (χ3n) is 6.55. The zero-order valence-electron chi connectivity index (χ0n) is 22.1. The first kappa shape index (κ1) is 26.0. The predicted octanol–water partition coefficient (Wildman–Crippen LogP) is 5.97. The summed E-state index contributed by atoms with van der Waals surface area (Å²) in [5.41, 5.74) is 10.9. The van der Waals surface area contributed by atoms with Crippen molar-refractivity contribution in [3.8, 4) is 28.6 Å². The summed E-state index contributed by atoms with van der Waals surface area (Å²) in [6.07, 6.45) is 0. The highest BCUT2D eigenvalue weighted by Gasteiger charge is 2.22. The molecule has 3 N–H and O–H groups in total. The number of hydrogen-bond acceptors (Lipinski definition) is 5.